The van der Waals surface area contributed by atoms with Crippen LogP contribution in [0, 0.1) is 107 Å². The van der Waals surface area contributed by atoms with Crippen LogP contribution < -0.4 is 5.73 Å². The molecule has 0 bridgehead atoms. The van der Waals surface area contributed by atoms with Gasteiger partial charge in [-0.1, -0.05) is 0 Å². The molecule has 5 heteroatoms. The Morgan fingerprint density at radius 3 is 1.36 bits per heavy atom. The van der Waals surface area contributed by atoms with Gasteiger partial charge in [0.25, 0.3) is 0 Å². The lowest BCUT2D eigenvalue weighted by Gasteiger charge is -1.68. The molecule has 0 aromatic carbocycles. The molecule has 0 aliphatic carbocycles. The highest BCUT2D eigenvalue weighted by Gasteiger charge is 2.14. The van der Waals surface area contributed by atoms with Gasteiger partial charge in [0.2, 0.25) is 0 Å². The first-order valence-electron chi connectivity index (χ1n) is 6.03. The molecule has 0 aliphatic heterocycles. The Hall–Kier alpha value is -4.14. The zero-order chi connectivity index (χ0) is 19.0. The van der Waals surface area contributed by atoms with Crippen molar-refractivity contribution in [1.82, 2.24) is 0 Å². The number of nitrogens with two attached hydrogens (primary N) is 1. The summed E-state index contributed by atoms with van der Waals surface area (Å²) in [6.45, 7) is 0. The number of rotatable bonds is 2. The highest BCUT2D eigenvalue weighted by atomic mass is 31.1. The lowest BCUT2D eigenvalue weighted by Crippen LogP contribution is -1.69. The summed E-state index contributed by atoms with van der Waals surface area (Å²) in [5.74, 6) is 38.2. The van der Waals surface area contributed by atoms with Crippen LogP contribution in [0.2, 0.25) is 0 Å². The molecule has 25 heavy (non-hydrogen) atoms. The molecule has 0 aliphatic rings. The van der Waals surface area contributed by atoms with Gasteiger partial charge in [0.15, 0.2) is 6.11 Å². The zero-order valence-electron chi connectivity index (χ0n) is 13.3. The van der Waals surface area contributed by atoms with Crippen LogP contribution in [-0.4, -0.2) is 14.2 Å². The fraction of sp³-hybridized carbons (Fsp3) is 0.100. The van der Waals surface area contributed by atoms with Gasteiger partial charge in [-0.25, -0.2) is 0 Å². The van der Waals surface area contributed by atoms with Crippen LogP contribution in [0.3, 0.4) is 0 Å². The van der Waals surface area contributed by atoms with Crippen molar-refractivity contribution < 1.29 is 37.9 Å². The third-order valence-corrected chi connectivity index (χ3v) is 1.81. The topological polar surface area (TPSA) is 61.5 Å². The molecule has 0 heterocycles. The Morgan fingerprint density at radius 2 is 1.04 bits per heavy atom. The van der Waals surface area contributed by atoms with Crippen LogP contribution >= 0.6 is 8.25 Å². The SMILES string of the molecule is C#CC#CC#CC#CC#CC#CC#CC#CC#CO[P+](=O)OC.CN.[HH].[HH].[HH].[HH].[HH].[HH].[HH].[HH].[HH].[HH].[HH].[HH].[HH].[HH].[HH].[HH].[HH]. The van der Waals surface area contributed by atoms with E-state index in [0.29, 0.717) is 0 Å². The average Bonchev–Trinajstić information content (AvgIpc) is 2.65. The van der Waals surface area contributed by atoms with E-state index in [-0.39, 0.29) is 24.3 Å². The summed E-state index contributed by atoms with van der Waals surface area (Å²) in [6.07, 6.45) is 6.97. The van der Waals surface area contributed by atoms with Gasteiger partial charge in [-0.3, -0.25) is 0 Å². The predicted molar refractivity (Wildman–Crippen MR) is 133 cm³/mol. The minimum Gasteiger partial charge on any atom is -0.333 e. The van der Waals surface area contributed by atoms with Crippen molar-refractivity contribution in [2.75, 3.05) is 14.2 Å². The standard InChI is InChI=1S/C19H4O3P.CH5N.17H2/c1-3-4-5-6-7-8-9-10-11-12-13-14-15-16-17-18-19-22-23(20)21-2;1-2;;;;;;;;;;;;;;;;;/h1H,2H3;2H2,1H3;17*1H/q+1;;;;;;;;;;;;;;;;;;. The Labute approximate surface area is 174 Å². The monoisotopic (exact) mass is 376 g/mol. The third-order valence-electron chi connectivity index (χ3n) is 1.27. The quantitative estimate of drug-likeness (QED) is 0.561. The maximum atomic E-state index is 10.6. The van der Waals surface area contributed by atoms with Gasteiger partial charge < -0.3 is 5.73 Å². The van der Waals surface area contributed by atoms with E-state index < -0.39 is 8.25 Å². The van der Waals surface area contributed by atoms with Crippen molar-refractivity contribution in [3.63, 3.8) is 0 Å². The maximum Gasteiger partial charge on any atom is 0.759 e. The fourth-order valence-electron chi connectivity index (χ4n) is 0.565. The number of hydrogen-bond acceptors (Lipinski definition) is 4. The second kappa shape index (κ2) is 22.1. The molecule has 0 aromatic heterocycles. The normalized spacial score (nSPS) is 5.44. The maximum absolute atomic E-state index is 10.6. The molecule has 0 amide bonds. The lowest BCUT2D eigenvalue weighted by atomic mass is 10.5. The van der Waals surface area contributed by atoms with Gasteiger partial charge in [-0.2, -0.15) is 4.52 Å². The summed E-state index contributed by atoms with van der Waals surface area (Å²) in [5.41, 5.74) is 4.50. The first-order chi connectivity index (χ1) is 12.3. The molecule has 0 aromatic rings. The predicted octanol–water partition coefficient (Wildman–Crippen LogP) is 4.68. The van der Waals surface area contributed by atoms with Gasteiger partial charge in [-0.15, -0.1) is 10.9 Å². The van der Waals surface area contributed by atoms with Crippen LogP contribution in [0.5, 0.6) is 0 Å². The first-order valence-corrected chi connectivity index (χ1v) is 7.12. The van der Waals surface area contributed by atoms with Crippen molar-refractivity contribution >= 4 is 8.25 Å². The van der Waals surface area contributed by atoms with Gasteiger partial charge in [0, 0.05) is 76.2 Å². The molecule has 0 radical (unpaired) electrons. The van der Waals surface area contributed by atoms with E-state index in [4.69, 9.17) is 6.42 Å². The van der Waals surface area contributed by atoms with Crippen molar-refractivity contribution in [1.29, 1.82) is 0 Å². The Kier molecular flexibility index (Phi) is 20.5. The minimum absolute atomic E-state index is 0. The zero-order valence-corrected chi connectivity index (χ0v) is 14.2. The molecule has 0 rings (SSSR count). The summed E-state index contributed by atoms with van der Waals surface area (Å²) >= 11 is 0. The molecule has 1 unspecified atom stereocenters. The van der Waals surface area contributed by atoms with Crippen molar-refractivity contribution in [2.24, 2.45) is 5.73 Å². The van der Waals surface area contributed by atoms with Crippen LogP contribution in [0.15, 0.2) is 0 Å². The summed E-state index contributed by atoms with van der Waals surface area (Å²) in [5, 5.41) is 0. The van der Waals surface area contributed by atoms with Gasteiger partial charge in [0.05, 0.1) is 7.11 Å². The molecule has 150 valence electrons. The molecular weight excluding hydrogens is 333 g/mol. The van der Waals surface area contributed by atoms with E-state index in [1.165, 1.54) is 14.2 Å². The average molecular weight is 377 g/mol. The highest BCUT2D eigenvalue weighted by molar-refractivity contribution is 7.33. The molecule has 1 atom stereocenters. The largest absolute Gasteiger partial charge is 0.759 e. The number of terminal acetylenes is 1. The summed E-state index contributed by atoms with van der Waals surface area (Å²) in [7, 11) is 0.509. The van der Waals surface area contributed by atoms with Crippen LogP contribution in [0.25, 0.3) is 0 Å². The highest BCUT2D eigenvalue weighted by Crippen LogP contribution is 2.19. The van der Waals surface area contributed by atoms with Gasteiger partial charge >= 0.3 is 8.25 Å². The Balaban J connectivity index is -0.0000000160. The smallest absolute Gasteiger partial charge is 0.333 e. The second-order valence-electron chi connectivity index (χ2n) is 2.62. The third kappa shape index (κ3) is 22.3. The summed E-state index contributed by atoms with van der Waals surface area (Å²) in [4.78, 5) is 0. The van der Waals surface area contributed by atoms with Crippen LogP contribution in [-0.2, 0) is 13.6 Å². The molecule has 0 saturated carbocycles. The van der Waals surface area contributed by atoms with Crippen LogP contribution in [0.1, 0.15) is 24.3 Å². The first kappa shape index (κ1) is 23.1. The molecule has 0 saturated heterocycles. The van der Waals surface area contributed by atoms with E-state index in [2.05, 4.69) is 116 Å². The van der Waals surface area contributed by atoms with E-state index >= 15 is 0 Å². The number of hydrogen-bond donors (Lipinski definition) is 1. The van der Waals surface area contributed by atoms with Gasteiger partial charge in [0.1, 0.15) is 0 Å². The Morgan fingerprint density at radius 1 is 0.720 bits per heavy atom. The minimum atomic E-state index is -2.22. The van der Waals surface area contributed by atoms with Crippen molar-refractivity contribution in [2.45, 2.75) is 0 Å². The summed E-state index contributed by atoms with van der Waals surface area (Å²) < 4.78 is 19.4. The molecular formula is C20H43NO3P+. The van der Waals surface area contributed by atoms with E-state index in [1.54, 1.807) is 0 Å². The fourth-order valence-corrected chi connectivity index (χ4v) is 0.760. The van der Waals surface area contributed by atoms with E-state index in [0.717, 1.165) is 0 Å². The molecule has 4 nitrogen and oxygen atoms in total. The van der Waals surface area contributed by atoms with Crippen molar-refractivity contribution in [3.05, 3.63) is 0 Å². The summed E-state index contributed by atoms with van der Waals surface area (Å²) in [6, 6.07) is 0. The Bertz CT molecular complexity index is 1040. The van der Waals surface area contributed by atoms with Gasteiger partial charge in [-0.05, 0) is 54.4 Å². The molecule has 0 fully saturated rings. The molecule has 0 spiro atoms. The van der Waals surface area contributed by atoms with Crippen molar-refractivity contribution in [3.8, 4) is 107 Å². The van der Waals surface area contributed by atoms with Crippen LogP contribution in [0.4, 0.5) is 0 Å². The molecule has 2 N–H and O–H groups in total. The van der Waals surface area contributed by atoms with E-state index in [1.807, 2.05) is 0 Å². The second-order valence-corrected chi connectivity index (χ2v) is 3.61. The van der Waals surface area contributed by atoms with E-state index in [9.17, 15) is 4.57 Å². The lowest BCUT2D eigenvalue weighted by molar-refractivity contribution is 0.337.